The molecule has 1 aliphatic rings. The standard InChI is InChI=1S/C16H18N4O2/c1-19(14-5-3-2-4-6-14)16-17-11-13(12-18-16)15(21)20-7-9-22-10-8-20/h2-6,11-12H,7-10H2,1H3. The van der Waals surface area contributed by atoms with Crippen LogP contribution in [0.2, 0.25) is 0 Å². The Morgan fingerprint density at radius 1 is 1.14 bits per heavy atom. The summed E-state index contributed by atoms with van der Waals surface area (Å²) in [4.78, 5) is 24.6. The molecule has 3 rings (SSSR count). The molecule has 1 saturated heterocycles. The van der Waals surface area contributed by atoms with E-state index in [4.69, 9.17) is 4.74 Å². The Kier molecular flexibility index (Phi) is 4.29. The molecule has 0 bridgehead atoms. The minimum absolute atomic E-state index is 0.0442. The summed E-state index contributed by atoms with van der Waals surface area (Å²) in [6, 6.07) is 9.85. The second-order valence-electron chi connectivity index (χ2n) is 5.07. The van der Waals surface area contributed by atoms with Gasteiger partial charge in [0.25, 0.3) is 5.91 Å². The van der Waals surface area contributed by atoms with E-state index in [1.54, 1.807) is 17.3 Å². The minimum atomic E-state index is -0.0442. The van der Waals surface area contributed by atoms with Gasteiger partial charge in [-0.3, -0.25) is 4.79 Å². The molecular weight excluding hydrogens is 280 g/mol. The lowest BCUT2D eigenvalue weighted by Gasteiger charge is -2.26. The molecule has 1 fully saturated rings. The summed E-state index contributed by atoms with van der Waals surface area (Å²) in [7, 11) is 1.90. The predicted octanol–water partition coefficient (Wildman–Crippen LogP) is 1.72. The topological polar surface area (TPSA) is 58.6 Å². The van der Waals surface area contributed by atoms with Crippen molar-refractivity contribution in [2.45, 2.75) is 0 Å². The number of carbonyl (C=O) groups excluding carboxylic acids is 1. The summed E-state index contributed by atoms with van der Waals surface area (Å²) in [5.41, 5.74) is 1.50. The Hall–Kier alpha value is -2.47. The van der Waals surface area contributed by atoms with Gasteiger partial charge in [-0.25, -0.2) is 9.97 Å². The maximum atomic E-state index is 12.3. The van der Waals surface area contributed by atoms with Crippen LogP contribution in [-0.4, -0.2) is 54.1 Å². The van der Waals surface area contributed by atoms with Crippen molar-refractivity contribution in [3.63, 3.8) is 0 Å². The monoisotopic (exact) mass is 298 g/mol. The minimum Gasteiger partial charge on any atom is -0.378 e. The van der Waals surface area contributed by atoms with Crippen LogP contribution >= 0.6 is 0 Å². The molecule has 0 unspecified atom stereocenters. The average molecular weight is 298 g/mol. The van der Waals surface area contributed by atoms with Gasteiger partial charge in [-0.2, -0.15) is 0 Å². The maximum absolute atomic E-state index is 12.3. The maximum Gasteiger partial charge on any atom is 0.257 e. The summed E-state index contributed by atoms with van der Waals surface area (Å²) in [5.74, 6) is 0.516. The predicted molar refractivity (Wildman–Crippen MR) is 83.3 cm³/mol. The van der Waals surface area contributed by atoms with E-state index < -0.39 is 0 Å². The normalized spacial score (nSPS) is 14.7. The van der Waals surface area contributed by atoms with Crippen LogP contribution in [0.25, 0.3) is 0 Å². The zero-order valence-corrected chi connectivity index (χ0v) is 12.5. The zero-order chi connectivity index (χ0) is 15.4. The number of para-hydroxylation sites is 1. The van der Waals surface area contributed by atoms with Gasteiger partial charge in [0, 0.05) is 38.2 Å². The molecule has 1 aromatic carbocycles. The van der Waals surface area contributed by atoms with E-state index in [1.807, 2.05) is 42.3 Å². The highest BCUT2D eigenvalue weighted by atomic mass is 16.5. The van der Waals surface area contributed by atoms with Crippen LogP contribution in [0.1, 0.15) is 10.4 Å². The number of amides is 1. The second-order valence-corrected chi connectivity index (χ2v) is 5.07. The van der Waals surface area contributed by atoms with Crippen molar-refractivity contribution < 1.29 is 9.53 Å². The highest BCUT2D eigenvalue weighted by molar-refractivity contribution is 5.93. The lowest BCUT2D eigenvalue weighted by Crippen LogP contribution is -2.40. The average Bonchev–Trinajstić information content (AvgIpc) is 2.62. The molecule has 0 spiro atoms. The molecule has 2 aromatic rings. The zero-order valence-electron chi connectivity index (χ0n) is 12.5. The van der Waals surface area contributed by atoms with Gasteiger partial charge in [-0.15, -0.1) is 0 Å². The molecule has 1 amide bonds. The Bertz CT molecular complexity index is 624. The Morgan fingerprint density at radius 3 is 2.41 bits per heavy atom. The van der Waals surface area contributed by atoms with Gasteiger partial charge in [-0.05, 0) is 12.1 Å². The first-order valence-electron chi connectivity index (χ1n) is 7.23. The van der Waals surface area contributed by atoms with Crippen LogP contribution in [-0.2, 0) is 4.74 Å². The molecule has 1 aromatic heterocycles. The second kappa shape index (κ2) is 6.53. The van der Waals surface area contributed by atoms with Gasteiger partial charge in [0.15, 0.2) is 0 Å². The van der Waals surface area contributed by atoms with E-state index in [1.165, 1.54) is 0 Å². The van der Waals surface area contributed by atoms with E-state index in [2.05, 4.69) is 9.97 Å². The number of rotatable bonds is 3. The van der Waals surface area contributed by atoms with Crippen molar-refractivity contribution in [1.29, 1.82) is 0 Å². The molecule has 0 aliphatic carbocycles. The summed E-state index contributed by atoms with van der Waals surface area (Å²) in [6.07, 6.45) is 3.17. The van der Waals surface area contributed by atoms with E-state index in [-0.39, 0.29) is 5.91 Å². The molecule has 0 radical (unpaired) electrons. The lowest BCUT2D eigenvalue weighted by molar-refractivity contribution is 0.0302. The first kappa shape index (κ1) is 14.5. The largest absolute Gasteiger partial charge is 0.378 e. The molecule has 0 N–H and O–H groups in total. The molecule has 6 nitrogen and oxygen atoms in total. The molecule has 1 aliphatic heterocycles. The Morgan fingerprint density at radius 2 is 1.77 bits per heavy atom. The summed E-state index contributed by atoms with van der Waals surface area (Å²) in [6.45, 7) is 2.40. The number of hydrogen-bond donors (Lipinski definition) is 0. The number of nitrogens with zero attached hydrogens (tertiary/aromatic N) is 4. The van der Waals surface area contributed by atoms with Crippen LogP contribution in [0, 0.1) is 0 Å². The first-order valence-corrected chi connectivity index (χ1v) is 7.23. The van der Waals surface area contributed by atoms with Gasteiger partial charge in [-0.1, -0.05) is 18.2 Å². The van der Waals surface area contributed by atoms with Crippen molar-refractivity contribution in [3.05, 3.63) is 48.3 Å². The van der Waals surface area contributed by atoms with Gasteiger partial charge in [0.1, 0.15) is 0 Å². The summed E-state index contributed by atoms with van der Waals surface area (Å²) >= 11 is 0. The fourth-order valence-electron chi connectivity index (χ4n) is 2.32. The van der Waals surface area contributed by atoms with Crippen molar-refractivity contribution in [2.75, 3.05) is 38.3 Å². The third-order valence-corrected chi connectivity index (χ3v) is 3.63. The highest BCUT2D eigenvalue weighted by Crippen LogP contribution is 2.19. The quantitative estimate of drug-likeness (QED) is 0.863. The van der Waals surface area contributed by atoms with Crippen molar-refractivity contribution in [3.8, 4) is 0 Å². The van der Waals surface area contributed by atoms with Gasteiger partial charge >= 0.3 is 0 Å². The third-order valence-electron chi connectivity index (χ3n) is 3.63. The fourth-order valence-corrected chi connectivity index (χ4v) is 2.32. The molecule has 114 valence electrons. The first-order chi connectivity index (χ1) is 10.8. The third kappa shape index (κ3) is 3.07. The summed E-state index contributed by atoms with van der Waals surface area (Å²) in [5, 5.41) is 0. The van der Waals surface area contributed by atoms with Gasteiger partial charge < -0.3 is 14.5 Å². The van der Waals surface area contributed by atoms with Gasteiger partial charge in [0.2, 0.25) is 5.95 Å². The fraction of sp³-hybridized carbons (Fsp3) is 0.312. The summed E-state index contributed by atoms with van der Waals surface area (Å²) < 4.78 is 5.25. The van der Waals surface area contributed by atoms with Crippen LogP contribution in [0.4, 0.5) is 11.6 Å². The number of benzene rings is 1. The smallest absolute Gasteiger partial charge is 0.257 e. The number of ether oxygens (including phenoxy) is 1. The van der Waals surface area contributed by atoms with Gasteiger partial charge in [0.05, 0.1) is 18.8 Å². The number of hydrogen-bond acceptors (Lipinski definition) is 5. The van der Waals surface area contributed by atoms with Crippen molar-refractivity contribution in [2.24, 2.45) is 0 Å². The van der Waals surface area contributed by atoms with Crippen LogP contribution in [0.3, 0.4) is 0 Å². The molecule has 0 saturated carbocycles. The van der Waals surface area contributed by atoms with Crippen molar-refractivity contribution >= 4 is 17.5 Å². The van der Waals surface area contributed by atoms with Crippen LogP contribution in [0.5, 0.6) is 0 Å². The van der Waals surface area contributed by atoms with E-state index in [9.17, 15) is 4.79 Å². The highest BCUT2D eigenvalue weighted by Gasteiger charge is 2.19. The lowest BCUT2D eigenvalue weighted by atomic mass is 10.2. The molecule has 22 heavy (non-hydrogen) atoms. The number of morpholine rings is 1. The van der Waals surface area contributed by atoms with Crippen LogP contribution < -0.4 is 4.90 Å². The van der Waals surface area contributed by atoms with E-state index >= 15 is 0 Å². The molecule has 0 atom stereocenters. The van der Waals surface area contributed by atoms with Crippen molar-refractivity contribution in [1.82, 2.24) is 14.9 Å². The van der Waals surface area contributed by atoms with E-state index in [0.717, 1.165) is 5.69 Å². The molecule has 2 heterocycles. The van der Waals surface area contributed by atoms with E-state index in [0.29, 0.717) is 37.8 Å². The Labute approximate surface area is 129 Å². The Balaban J connectivity index is 1.73. The number of anilines is 2. The molecule has 6 heteroatoms. The van der Waals surface area contributed by atoms with Crippen LogP contribution in [0.15, 0.2) is 42.7 Å². The SMILES string of the molecule is CN(c1ccccc1)c1ncc(C(=O)N2CCOCC2)cn1. The number of carbonyl (C=O) groups is 1. The number of aromatic nitrogens is 2. The molecular formula is C16H18N4O2.